The second-order valence-corrected chi connectivity index (χ2v) is 10.2. The monoisotopic (exact) mass is 442 g/mol. The van der Waals surface area contributed by atoms with Crippen LogP contribution in [0.1, 0.15) is 58.8 Å². The van der Waals surface area contributed by atoms with Crippen LogP contribution in [0.25, 0.3) is 0 Å². The molecule has 3 fully saturated rings. The van der Waals surface area contributed by atoms with Crippen LogP contribution in [-0.2, 0) is 9.59 Å². The Labute approximate surface area is 191 Å². The van der Waals surface area contributed by atoms with Gasteiger partial charge in [-0.2, -0.15) is 0 Å². The van der Waals surface area contributed by atoms with Crippen molar-refractivity contribution in [1.82, 2.24) is 14.9 Å². The van der Waals surface area contributed by atoms with Crippen LogP contribution in [0, 0.1) is 23.7 Å². The molecule has 1 aromatic heterocycles. The van der Waals surface area contributed by atoms with Gasteiger partial charge in [0, 0.05) is 38.6 Å². The number of anilines is 2. The lowest BCUT2D eigenvalue weighted by Gasteiger charge is -2.35. The molecule has 3 heterocycles. The summed E-state index contributed by atoms with van der Waals surface area (Å²) in [6.07, 6.45) is 10.6. The fourth-order valence-electron chi connectivity index (χ4n) is 5.54. The summed E-state index contributed by atoms with van der Waals surface area (Å²) < 4.78 is 0. The van der Waals surface area contributed by atoms with Crippen molar-refractivity contribution < 1.29 is 9.59 Å². The Kier molecular flexibility index (Phi) is 7.16. The van der Waals surface area contributed by atoms with Gasteiger partial charge in [0.2, 0.25) is 17.8 Å². The van der Waals surface area contributed by atoms with Crippen LogP contribution in [0.4, 0.5) is 11.6 Å². The van der Waals surface area contributed by atoms with Gasteiger partial charge in [0.15, 0.2) is 0 Å². The normalized spacial score (nSPS) is 27.2. The van der Waals surface area contributed by atoms with E-state index in [1.54, 1.807) is 0 Å². The van der Waals surface area contributed by atoms with E-state index >= 15 is 0 Å². The molecule has 8 heteroatoms. The number of carbonyl (C=O) groups is 2. The van der Waals surface area contributed by atoms with E-state index in [9.17, 15) is 9.59 Å². The number of amides is 2. The van der Waals surface area contributed by atoms with Gasteiger partial charge in [-0.25, -0.2) is 9.97 Å². The molecule has 1 aromatic rings. The lowest BCUT2D eigenvalue weighted by atomic mass is 9.85. The molecule has 2 aliphatic heterocycles. The van der Waals surface area contributed by atoms with E-state index in [2.05, 4.69) is 34.0 Å². The number of primary amides is 1. The molecular weight excluding hydrogens is 404 g/mol. The minimum atomic E-state index is -0.355. The molecule has 2 saturated heterocycles. The van der Waals surface area contributed by atoms with E-state index in [1.807, 2.05) is 17.3 Å². The maximum atomic E-state index is 12.3. The van der Waals surface area contributed by atoms with Crippen molar-refractivity contribution in [3.63, 3.8) is 0 Å². The molecule has 176 valence electrons. The fourth-order valence-corrected chi connectivity index (χ4v) is 5.54. The minimum absolute atomic E-state index is 0.0843. The van der Waals surface area contributed by atoms with Crippen LogP contribution in [-0.4, -0.2) is 58.9 Å². The van der Waals surface area contributed by atoms with Gasteiger partial charge in [-0.05, 0) is 56.3 Å². The zero-order valence-corrected chi connectivity index (χ0v) is 19.5. The van der Waals surface area contributed by atoms with Crippen LogP contribution in [0.5, 0.6) is 0 Å². The number of hydrogen-bond acceptors (Lipinski definition) is 6. The van der Waals surface area contributed by atoms with Crippen molar-refractivity contribution in [1.29, 1.82) is 0 Å². The lowest BCUT2D eigenvalue weighted by Crippen LogP contribution is -2.40. The Balaban J connectivity index is 1.19. The number of aromatic nitrogens is 2. The first kappa shape index (κ1) is 22.8. The summed E-state index contributed by atoms with van der Waals surface area (Å²) in [6.45, 7) is 8.11. The van der Waals surface area contributed by atoms with Crippen molar-refractivity contribution in [3.05, 3.63) is 12.4 Å². The Morgan fingerprint density at radius 2 is 1.78 bits per heavy atom. The largest absolute Gasteiger partial charge is 0.382 e. The van der Waals surface area contributed by atoms with Crippen molar-refractivity contribution >= 4 is 23.5 Å². The van der Waals surface area contributed by atoms with Gasteiger partial charge in [0.25, 0.3) is 0 Å². The number of likely N-dealkylation sites (tertiary alicyclic amines) is 1. The summed E-state index contributed by atoms with van der Waals surface area (Å²) in [5.41, 5.74) is 6.36. The summed E-state index contributed by atoms with van der Waals surface area (Å²) in [4.78, 5) is 37.1. The third-order valence-electron chi connectivity index (χ3n) is 7.82. The Morgan fingerprint density at radius 1 is 1.12 bits per heavy atom. The standard InChI is InChI=1S/C24H38N6O2/c1-16(2)18-7-9-29(10-8-18)24-27-13-20(14-28-24)26-12-17-3-5-21(6-4-17)30-15-19(23(25)32)11-22(30)31/h13-14,16-19,21,26H,3-12,15H2,1-2H3,(H2,25,32). The molecule has 0 spiro atoms. The van der Waals surface area contributed by atoms with Gasteiger partial charge in [-0.1, -0.05) is 13.8 Å². The zero-order valence-electron chi connectivity index (χ0n) is 19.5. The second-order valence-electron chi connectivity index (χ2n) is 10.2. The summed E-state index contributed by atoms with van der Waals surface area (Å²) in [6, 6.07) is 0.255. The molecule has 1 saturated carbocycles. The first-order chi connectivity index (χ1) is 15.4. The van der Waals surface area contributed by atoms with Crippen molar-refractivity contribution in [2.75, 3.05) is 36.4 Å². The third-order valence-corrected chi connectivity index (χ3v) is 7.82. The Bertz CT molecular complexity index is 782. The molecule has 0 bridgehead atoms. The maximum Gasteiger partial charge on any atom is 0.225 e. The highest BCUT2D eigenvalue weighted by molar-refractivity contribution is 5.88. The molecule has 0 radical (unpaired) electrons. The Hall–Kier alpha value is -2.38. The van der Waals surface area contributed by atoms with E-state index in [4.69, 9.17) is 5.73 Å². The minimum Gasteiger partial charge on any atom is -0.382 e. The molecule has 2 amide bonds. The molecular formula is C24H38N6O2. The quantitative estimate of drug-likeness (QED) is 0.673. The number of nitrogens with zero attached hydrogens (tertiary/aromatic N) is 4. The topological polar surface area (TPSA) is 104 Å². The van der Waals surface area contributed by atoms with Gasteiger partial charge in [-0.15, -0.1) is 0 Å². The molecule has 32 heavy (non-hydrogen) atoms. The Morgan fingerprint density at radius 3 is 2.34 bits per heavy atom. The van der Waals surface area contributed by atoms with E-state index in [0.717, 1.165) is 68.8 Å². The van der Waals surface area contributed by atoms with Gasteiger partial charge in [-0.3, -0.25) is 9.59 Å². The van der Waals surface area contributed by atoms with E-state index in [1.165, 1.54) is 12.8 Å². The average Bonchev–Trinajstić information content (AvgIpc) is 3.20. The highest BCUT2D eigenvalue weighted by Crippen LogP contribution is 2.32. The number of piperidine rings is 1. The molecule has 4 rings (SSSR count). The SMILES string of the molecule is CC(C)C1CCN(c2ncc(NCC3CCC(N4CC(C(N)=O)CC4=O)CC3)cn2)CC1. The molecule has 3 aliphatic rings. The van der Waals surface area contributed by atoms with Crippen LogP contribution in [0.15, 0.2) is 12.4 Å². The average molecular weight is 443 g/mol. The van der Waals surface area contributed by atoms with E-state index < -0.39 is 0 Å². The van der Waals surface area contributed by atoms with Gasteiger partial charge < -0.3 is 20.9 Å². The van der Waals surface area contributed by atoms with Crippen molar-refractivity contribution in [3.8, 4) is 0 Å². The second kappa shape index (κ2) is 10.0. The number of carbonyl (C=O) groups excluding carboxylic acids is 2. The van der Waals surface area contributed by atoms with Crippen LogP contribution < -0.4 is 16.0 Å². The summed E-state index contributed by atoms with van der Waals surface area (Å²) in [5.74, 6) is 2.39. The highest BCUT2D eigenvalue weighted by atomic mass is 16.2. The van der Waals surface area contributed by atoms with Crippen LogP contribution >= 0.6 is 0 Å². The van der Waals surface area contributed by atoms with Gasteiger partial charge in [0.05, 0.1) is 24.0 Å². The summed E-state index contributed by atoms with van der Waals surface area (Å²) >= 11 is 0. The predicted molar refractivity (Wildman–Crippen MR) is 125 cm³/mol. The van der Waals surface area contributed by atoms with Gasteiger partial charge in [0.1, 0.15) is 0 Å². The van der Waals surface area contributed by atoms with Crippen LogP contribution in [0.2, 0.25) is 0 Å². The molecule has 1 unspecified atom stereocenters. The first-order valence-corrected chi connectivity index (χ1v) is 12.3. The molecule has 3 N–H and O–H groups in total. The zero-order chi connectivity index (χ0) is 22.7. The summed E-state index contributed by atoms with van der Waals surface area (Å²) in [5, 5.41) is 3.50. The lowest BCUT2D eigenvalue weighted by molar-refractivity contribution is -0.130. The molecule has 0 aromatic carbocycles. The highest BCUT2D eigenvalue weighted by Gasteiger charge is 2.38. The third kappa shape index (κ3) is 5.33. The van der Waals surface area contributed by atoms with Crippen molar-refractivity contribution in [2.24, 2.45) is 29.4 Å². The van der Waals surface area contributed by atoms with E-state index in [-0.39, 0.29) is 30.2 Å². The van der Waals surface area contributed by atoms with Crippen molar-refractivity contribution in [2.45, 2.75) is 64.8 Å². The molecule has 8 nitrogen and oxygen atoms in total. The molecule has 1 aliphatic carbocycles. The number of hydrogen-bond donors (Lipinski definition) is 2. The first-order valence-electron chi connectivity index (χ1n) is 12.3. The number of rotatable bonds is 7. The molecule has 1 atom stereocenters. The maximum absolute atomic E-state index is 12.3. The van der Waals surface area contributed by atoms with Gasteiger partial charge >= 0.3 is 0 Å². The number of nitrogens with two attached hydrogens (primary N) is 1. The summed E-state index contributed by atoms with van der Waals surface area (Å²) in [7, 11) is 0. The van der Waals surface area contributed by atoms with Crippen LogP contribution in [0.3, 0.4) is 0 Å². The number of nitrogens with one attached hydrogen (secondary N) is 1. The van der Waals surface area contributed by atoms with E-state index in [0.29, 0.717) is 12.5 Å². The fraction of sp³-hybridized carbons (Fsp3) is 0.750. The predicted octanol–water partition coefficient (Wildman–Crippen LogP) is 2.65. The smallest absolute Gasteiger partial charge is 0.225 e.